The Balaban J connectivity index is 2.36. The third-order valence-corrected chi connectivity index (χ3v) is 3.72. The lowest BCUT2D eigenvalue weighted by molar-refractivity contribution is 0.579. The third-order valence-electron chi connectivity index (χ3n) is 2.47. The molecule has 3 rings (SSSR count). The Morgan fingerprint density at radius 2 is 2.06 bits per heavy atom. The molecule has 3 heterocycles. The first-order chi connectivity index (χ1) is 8.18. The third kappa shape index (κ3) is 1.59. The van der Waals surface area contributed by atoms with E-state index in [9.17, 15) is 0 Å². The van der Waals surface area contributed by atoms with Crippen LogP contribution in [0.2, 0.25) is 0 Å². The molecular weight excluding hydrogens is 350 g/mol. The van der Waals surface area contributed by atoms with E-state index in [0.717, 1.165) is 14.6 Å². The number of nitrogens with two attached hydrogens (primary N) is 1. The first kappa shape index (κ1) is 10.9. The Hall–Kier alpha value is -1.27. The molecule has 4 nitrogen and oxygen atoms in total. The number of hydrogen-bond acceptors (Lipinski definition) is 3. The predicted molar refractivity (Wildman–Crippen MR) is 72.7 cm³/mol. The number of nitrogen functional groups attached to an aromatic ring is 1. The summed E-state index contributed by atoms with van der Waals surface area (Å²) in [5.74, 6) is 1.19. The molecule has 2 N–H and O–H groups in total. The molecule has 86 valence electrons. The molecule has 0 amide bonds. The van der Waals surface area contributed by atoms with E-state index in [4.69, 9.17) is 10.2 Å². The van der Waals surface area contributed by atoms with Crippen molar-refractivity contribution in [2.75, 3.05) is 5.73 Å². The molecule has 0 aliphatic rings. The normalized spacial score (nSPS) is 11.2. The second kappa shape index (κ2) is 3.89. The fourth-order valence-corrected chi connectivity index (χ4v) is 2.50. The topological polar surface area (TPSA) is 56.5 Å². The zero-order valence-electron chi connectivity index (χ0n) is 8.52. The molecule has 0 unspecified atom stereocenters. The molecule has 3 aromatic rings. The zero-order chi connectivity index (χ0) is 12.0. The van der Waals surface area contributed by atoms with Gasteiger partial charge in [-0.05, 0) is 50.1 Å². The van der Waals surface area contributed by atoms with Crippen molar-refractivity contribution in [3.63, 3.8) is 0 Å². The number of rotatable bonds is 1. The minimum Gasteiger partial charge on any atom is -0.461 e. The largest absolute Gasteiger partial charge is 0.461 e. The molecule has 0 aliphatic carbocycles. The highest BCUT2D eigenvalue weighted by Gasteiger charge is 2.17. The molecule has 17 heavy (non-hydrogen) atoms. The lowest BCUT2D eigenvalue weighted by Crippen LogP contribution is -1.93. The van der Waals surface area contributed by atoms with Gasteiger partial charge >= 0.3 is 0 Å². The highest BCUT2D eigenvalue weighted by atomic mass is 79.9. The van der Waals surface area contributed by atoms with Crippen molar-refractivity contribution in [3.05, 3.63) is 39.6 Å². The van der Waals surface area contributed by atoms with Crippen LogP contribution in [0.25, 0.3) is 17.1 Å². The Morgan fingerprint density at radius 3 is 2.71 bits per heavy atom. The molecule has 0 spiro atoms. The van der Waals surface area contributed by atoms with E-state index in [-0.39, 0.29) is 0 Å². The first-order valence-electron chi connectivity index (χ1n) is 4.84. The van der Waals surface area contributed by atoms with E-state index >= 15 is 0 Å². The zero-order valence-corrected chi connectivity index (χ0v) is 11.7. The number of imidazole rings is 1. The van der Waals surface area contributed by atoms with Gasteiger partial charge in [0.25, 0.3) is 0 Å². The van der Waals surface area contributed by atoms with Crippen LogP contribution in [-0.2, 0) is 0 Å². The van der Waals surface area contributed by atoms with E-state index in [2.05, 4.69) is 36.8 Å². The molecule has 0 aliphatic heterocycles. The summed E-state index contributed by atoms with van der Waals surface area (Å²) in [7, 11) is 0. The second-order valence-electron chi connectivity index (χ2n) is 3.49. The Kier molecular flexibility index (Phi) is 2.48. The number of pyridine rings is 1. The van der Waals surface area contributed by atoms with Crippen molar-refractivity contribution in [2.24, 2.45) is 0 Å². The van der Waals surface area contributed by atoms with Crippen LogP contribution in [-0.4, -0.2) is 9.38 Å². The summed E-state index contributed by atoms with van der Waals surface area (Å²) in [4.78, 5) is 4.48. The minimum atomic E-state index is 0.553. The Bertz CT molecular complexity index is 702. The van der Waals surface area contributed by atoms with Crippen LogP contribution in [0, 0.1) is 0 Å². The average molecular weight is 357 g/mol. The first-order valence-corrected chi connectivity index (χ1v) is 6.42. The number of hydrogen-bond donors (Lipinski definition) is 1. The van der Waals surface area contributed by atoms with Gasteiger partial charge in [0.15, 0.2) is 11.4 Å². The lowest BCUT2D eigenvalue weighted by Gasteiger charge is -1.97. The van der Waals surface area contributed by atoms with Gasteiger partial charge in [0.1, 0.15) is 11.5 Å². The Morgan fingerprint density at radius 1 is 1.24 bits per heavy atom. The van der Waals surface area contributed by atoms with Crippen molar-refractivity contribution in [3.8, 4) is 11.5 Å². The van der Waals surface area contributed by atoms with E-state index < -0.39 is 0 Å². The van der Waals surface area contributed by atoms with Gasteiger partial charge in [-0.25, -0.2) is 4.98 Å². The fraction of sp³-hybridized carbons (Fsp3) is 0. The summed E-state index contributed by atoms with van der Waals surface area (Å²) in [5, 5.41) is 0. The van der Waals surface area contributed by atoms with Crippen LogP contribution in [0.4, 0.5) is 5.82 Å². The molecule has 0 saturated heterocycles. The van der Waals surface area contributed by atoms with Crippen molar-refractivity contribution in [1.29, 1.82) is 0 Å². The summed E-state index contributed by atoms with van der Waals surface area (Å²) < 4.78 is 8.92. The van der Waals surface area contributed by atoms with E-state index in [1.165, 1.54) is 0 Å². The molecule has 3 aromatic heterocycles. The number of aromatic nitrogens is 2. The molecule has 0 atom stereocenters. The van der Waals surface area contributed by atoms with Gasteiger partial charge < -0.3 is 10.2 Å². The molecule has 0 saturated carbocycles. The maximum absolute atomic E-state index is 6.07. The second-order valence-corrected chi connectivity index (χ2v) is 5.20. The SMILES string of the molecule is Nc1c(-c2occc2Br)nc2c(Br)cccn12. The average Bonchev–Trinajstić information content (AvgIpc) is 2.85. The van der Waals surface area contributed by atoms with Gasteiger partial charge in [-0.15, -0.1) is 0 Å². The summed E-state index contributed by atoms with van der Waals surface area (Å²) >= 11 is 6.85. The van der Waals surface area contributed by atoms with Crippen molar-refractivity contribution < 1.29 is 4.42 Å². The van der Waals surface area contributed by atoms with Crippen LogP contribution in [0.5, 0.6) is 0 Å². The van der Waals surface area contributed by atoms with Gasteiger partial charge in [0.05, 0.1) is 15.2 Å². The molecule has 0 fully saturated rings. The maximum Gasteiger partial charge on any atom is 0.170 e. The van der Waals surface area contributed by atoms with Crippen LogP contribution in [0.3, 0.4) is 0 Å². The van der Waals surface area contributed by atoms with E-state index in [0.29, 0.717) is 17.3 Å². The smallest absolute Gasteiger partial charge is 0.170 e. The van der Waals surface area contributed by atoms with Gasteiger partial charge in [0, 0.05) is 6.20 Å². The Labute approximate surface area is 114 Å². The number of halogens is 2. The highest BCUT2D eigenvalue weighted by Crippen LogP contribution is 2.34. The molecule has 0 radical (unpaired) electrons. The van der Waals surface area contributed by atoms with E-state index in [1.54, 1.807) is 6.26 Å². The van der Waals surface area contributed by atoms with Crippen molar-refractivity contribution in [2.45, 2.75) is 0 Å². The maximum atomic E-state index is 6.07. The number of fused-ring (bicyclic) bond motifs is 1. The molecule has 0 aromatic carbocycles. The van der Waals surface area contributed by atoms with Gasteiger partial charge in [-0.3, -0.25) is 4.40 Å². The minimum absolute atomic E-state index is 0.553. The summed E-state index contributed by atoms with van der Waals surface area (Å²) in [6, 6.07) is 5.63. The number of anilines is 1. The quantitative estimate of drug-likeness (QED) is 0.723. The van der Waals surface area contributed by atoms with Crippen molar-refractivity contribution >= 4 is 43.3 Å². The number of nitrogens with zero attached hydrogens (tertiary/aromatic N) is 2. The monoisotopic (exact) mass is 355 g/mol. The van der Waals surface area contributed by atoms with Crippen LogP contribution in [0.15, 0.2) is 44.0 Å². The standard InChI is InChI=1S/C11H7Br2N3O/c12-6-3-5-17-9(6)8-10(14)16-4-1-2-7(13)11(16)15-8/h1-5H,14H2. The molecule has 6 heteroatoms. The van der Waals surface area contributed by atoms with Crippen molar-refractivity contribution in [1.82, 2.24) is 9.38 Å². The molecular formula is C11H7Br2N3O. The van der Waals surface area contributed by atoms with Gasteiger partial charge in [-0.1, -0.05) is 0 Å². The van der Waals surface area contributed by atoms with Gasteiger partial charge in [-0.2, -0.15) is 0 Å². The predicted octanol–water partition coefficient (Wildman–Crippen LogP) is 3.70. The fourth-order valence-electron chi connectivity index (χ4n) is 1.68. The number of furan rings is 1. The van der Waals surface area contributed by atoms with Crippen LogP contribution >= 0.6 is 31.9 Å². The molecule has 0 bridgehead atoms. The van der Waals surface area contributed by atoms with Crippen LogP contribution in [0.1, 0.15) is 0 Å². The highest BCUT2D eigenvalue weighted by molar-refractivity contribution is 9.11. The van der Waals surface area contributed by atoms with E-state index in [1.807, 2.05) is 28.8 Å². The summed E-state index contributed by atoms with van der Waals surface area (Å²) in [6.45, 7) is 0. The summed E-state index contributed by atoms with van der Waals surface area (Å²) in [5.41, 5.74) is 7.47. The van der Waals surface area contributed by atoms with Crippen LogP contribution < -0.4 is 5.73 Å². The van der Waals surface area contributed by atoms with Gasteiger partial charge in [0.2, 0.25) is 0 Å². The summed E-state index contributed by atoms with van der Waals surface area (Å²) in [6.07, 6.45) is 3.46. The lowest BCUT2D eigenvalue weighted by atomic mass is 10.3.